The molecule has 2 aliphatic heterocycles. The molecule has 182 valence electrons. The lowest BCUT2D eigenvalue weighted by molar-refractivity contribution is -0.140. The van der Waals surface area contributed by atoms with Crippen LogP contribution in [0.5, 0.6) is 23.0 Å². The largest absolute Gasteiger partial charge is 0.457 e. The van der Waals surface area contributed by atoms with Gasteiger partial charge in [0, 0.05) is 18.0 Å². The molecule has 5 amide bonds. The van der Waals surface area contributed by atoms with Crippen LogP contribution in [0.25, 0.3) is 0 Å². The minimum absolute atomic E-state index is 0.0151. The molecule has 0 bridgehead atoms. The minimum Gasteiger partial charge on any atom is -0.457 e. The van der Waals surface area contributed by atoms with Crippen molar-refractivity contribution in [3.05, 3.63) is 78.9 Å². The van der Waals surface area contributed by atoms with Crippen molar-refractivity contribution in [3.63, 3.8) is 0 Å². The fourth-order valence-corrected chi connectivity index (χ4v) is 4.72. The molecule has 9 heteroatoms. The Morgan fingerprint density at radius 2 is 1.22 bits per heavy atom. The summed E-state index contributed by atoms with van der Waals surface area (Å²) in [7, 11) is 0. The number of carbonyl (C=O) groups excluding carboxylic acids is 4. The van der Waals surface area contributed by atoms with Crippen LogP contribution in [-0.4, -0.2) is 29.3 Å². The molecule has 36 heavy (non-hydrogen) atoms. The second-order valence-corrected chi connectivity index (χ2v) is 8.52. The highest BCUT2D eigenvalue weighted by Gasteiger charge is 2.65. The zero-order valence-corrected chi connectivity index (χ0v) is 19.4. The van der Waals surface area contributed by atoms with E-state index in [0.29, 0.717) is 29.4 Å². The van der Waals surface area contributed by atoms with E-state index in [2.05, 4.69) is 10.6 Å². The summed E-state index contributed by atoms with van der Waals surface area (Å²) < 4.78 is 11.7. The van der Waals surface area contributed by atoms with Gasteiger partial charge in [-0.1, -0.05) is 25.1 Å². The van der Waals surface area contributed by atoms with Gasteiger partial charge in [-0.2, -0.15) is 0 Å². The van der Waals surface area contributed by atoms with Crippen LogP contribution in [0.3, 0.4) is 0 Å². The number of anilines is 1. The van der Waals surface area contributed by atoms with Crippen LogP contribution < -0.4 is 25.0 Å². The number of hydrogen-bond donors (Lipinski definition) is 2. The van der Waals surface area contributed by atoms with E-state index in [1.807, 2.05) is 30.3 Å². The van der Waals surface area contributed by atoms with Crippen LogP contribution >= 0.6 is 0 Å². The Kier molecular flexibility index (Phi) is 5.89. The molecule has 2 aliphatic rings. The van der Waals surface area contributed by atoms with E-state index in [1.165, 1.54) is 4.90 Å². The van der Waals surface area contributed by atoms with Gasteiger partial charge in [-0.3, -0.25) is 29.9 Å². The Hall–Kier alpha value is -4.66. The van der Waals surface area contributed by atoms with Crippen molar-refractivity contribution in [3.8, 4) is 23.0 Å². The Bertz CT molecular complexity index is 1300. The van der Waals surface area contributed by atoms with Crippen LogP contribution in [0.4, 0.5) is 10.5 Å². The number of carbonyl (C=O) groups is 4. The summed E-state index contributed by atoms with van der Waals surface area (Å²) in [6, 6.07) is 22.2. The van der Waals surface area contributed by atoms with Gasteiger partial charge in [-0.25, -0.2) is 4.79 Å². The molecular weight excluding hydrogens is 462 g/mol. The zero-order chi connectivity index (χ0) is 25.3. The number of nitrogens with one attached hydrogen (secondary N) is 2. The first-order valence-electron chi connectivity index (χ1n) is 11.5. The molecule has 3 aromatic carbocycles. The van der Waals surface area contributed by atoms with Gasteiger partial charge in [0.2, 0.25) is 11.4 Å². The van der Waals surface area contributed by atoms with Crippen molar-refractivity contribution in [1.82, 2.24) is 10.6 Å². The van der Waals surface area contributed by atoms with Gasteiger partial charge in [-0.05, 0) is 67.1 Å². The lowest BCUT2D eigenvalue weighted by atomic mass is 9.80. The molecule has 5 rings (SSSR count). The molecule has 0 aromatic heterocycles. The molecule has 2 fully saturated rings. The van der Waals surface area contributed by atoms with E-state index >= 15 is 0 Å². The number of para-hydroxylation sites is 1. The third-order valence-corrected chi connectivity index (χ3v) is 6.39. The fourth-order valence-electron chi connectivity index (χ4n) is 4.72. The van der Waals surface area contributed by atoms with E-state index in [4.69, 9.17) is 9.47 Å². The predicted octanol–water partition coefficient (Wildman–Crippen LogP) is 4.14. The molecule has 0 radical (unpaired) electrons. The zero-order valence-electron chi connectivity index (χ0n) is 19.4. The molecule has 0 saturated carbocycles. The van der Waals surface area contributed by atoms with Gasteiger partial charge < -0.3 is 9.47 Å². The highest BCUT2D eigenvalue weighted by molar-refractivity contribution is 6.29. The van der Waals surface area contributed by atoms with Gasteiger partial charge in [0.25, 0.3) is 11.8 Å². The summed E-state index contributed by atoms with van der Waals surface area (Å²) >= 11 is 0. The third-order valence-electron chi connectivity index (χ3n) is 6.39. The average molecular weight is 485 g/mol. The van der Waals surface area contributed by atoms with Crippen LogP contribution in [0.15, 0.2) is 78.9 Å². The minimum atomic E-state index is -1.82. The molecule has 2 heterocycles. The molecule has 9 nitrogen and oxygen atoms in total. The third kappa shape index (κ3) is 3.94. The number of rotatable bonds is 6. The summed E-state index contributed by atoms with van der Waals surface area (Å²) in [6.45, 7) is 1.80. The summed E-state index contributed by atoms with van der Waals surface area (Å²) in [5.74, 6) is -0.0851. The van der Waals surface area contributed by atoms with Crippen LogP contribution in [-0.2, 0) is 14.4 Å². The highest BCUT2D eigenvalue weighted by atomic mass is 16.5. The van der Waals surface area contributed by atoms with Crippen LogP contribution in [0.1, 0.15) is 19.8 Å². The normalized spacial score (nSPS) is 18.7. The van der Waals surface area contributed by atoms with Gasteiger partial charge in [0.1, 0.15) is 23.0 Å². The monoisotopic (exact) mass is 485 g/mol. The maximum absolute atomic E-state index is 13.0. The van der Waals surface area contributed by atoms with E-state index in [0.717, 1.165) is 5.75 Å². The second kappa shape index (κ2) is 9.18. The highest BCUT2D eigenvalue weighted by Crippen LogP contribution is 2.43. The maximum atomic E-state index is 13.0. The topological polar surface area (TPSA) is 114 Å². The standard InChI is InChI=1S/C27H23N3O6/c1-2-17-16-23(31)30(27(17)24(32)28-26(34)29-25(27)33)18-8-10-20(11-9-18)36-22-14-12-21(13-15-22)35-19-6-4-3-5-7-19/h3-15,17H,2,16H2,1H3,(H2,28,29,32,33,34). The van der Waals surface area contributed by atoms with Gasteiger partial charge >= 0.3 is 6.03 Å². The number of benzene rings is 3. The Balaban J connectivity index is 1.35. The maximum Gasteiger partial charge on any atom is 0.328 e. The SMILES string of the molecule is CCC1CC(=O)N(c2ccc(Oc3ccc(Oc4ccccc4)cc3)cc2)C12C(=O)NC(=O)NC2=O. The number of hydrogen-bond acceptors (Lipinski definition) is 6. The van der Waals surface area contributed by atoms with Crippen molar-refractivity contribution < 1.29 is 28.7 Å². The summed E-state index contributed by atoms with van der Waals surface area (Å²) in [6.07, 6.45) is 0.420. The van der Waals surface area contributed by atoms with Gasteiger partial charge in [-0.15, -0.1) is 0 Å². The number of nitrogens with zero attached hydrogens (tertiary/aromatic N) is 1. The van der Waals surface area contributed by atoms with Crippen LogP contribution in [0.2, 0.25) is 0 Å². The average Bonchev–Trinajstić information content (AvgIpc) is 3.18. The van der Waals surface area contributed by atoms with E-state index in [9.17, 15) is 19.2 Å². The van der Waals surface area contributed by atoms with E-state index < -0.39 is 29.3 Å². The first-order valence-corrected chi connectivity index (χ1v) is 11.5. The van der Waals surface area contributed by atoms with E-state index in [1.54, 1.807) is 55.5 Å². The van der Waals surface area contributed by atoms with Crippen molar-refractivity contribution in [2.24, 2.45) is 5.92 Å². The van der Waals surface area contributed by atoms with Crippen molar-refractivity contribution >= 4 is 29.4 Å². The van der Waals surface area contributed by atoms with Gasteiger partial charge in [0.05, 0.1) is 0 Å². The lowest BCUT2D eigenvalue weighted by Crippen LogP contribution is -2.74. The van der Waals surface area contributed by atoms with E-state index in [-0.39, 0.29) is 12.3 Å². The lowest BCUT2D eigenvalue weighted by Gasteiger charge is -2.40. The van der Waals surface area contributed by atoms with Gasteiger partial charge in [0.15, 0.2) is 0 Å². The molecular formula is C27H23N3O6. The first-order chi connectivity index (χ1) is 17.4. The molecule has 1 spiro atoms. The smallest absolute Gasteiger partial charge is 0.328 e. The summed E-state index contributed by atoms with van der Waals surface area (Å²) in [5, 5.41) is 4.30. The van der Waals surface area contributed by atoms with Crippen molar-refractivity contribution in [1.29, 1.82) is 0 Å². The summed E-state index contributed by atoms with van der Waals surface area (Å²) in [5.41, 5.74) is -1.47. The van der Waals surface area contributed by atoms with Crippen molar-refractivity contribution in [2.45, 2.75) is 25.3 Å². The number of imide groups is 2. The molecule has 2 N–H and O–H groups in total. The first kappa shape index (κ1) is 23.1. The second-order valence-electron chi connectivity index (χ2n) is 8.52. The number of ether oxygens (including phenoxy) is 2. The fraction of sp³-hybridized carbons (Fsp3) is 0.185. The Morgan fingerprint density at radius 1 is 0.750 bits per heavy atom. The molecule has 1 unspecified atom stereocenters. The van der Waals surface area contributed by atoms with Crippen molar-refractivity contribution in [2.75, 3.05) is 4.90 Å². The Morgan fingerprint density at radius 3 is 1.72 bits per heavy atom. The summed E-state index contributed by atoms with van der Waals surface area (Å²) in [4.78, 5) is 51.8. The molecule has 0 aliphatic carbocycles. The predicted molar refractivity (Wildman–Crippen MR) is 130 cm³/mol. The molecule has 1 atom stereocenters. The molecule has 2 saturated heterocycles. The number of urea groups is 1. The quantitative estimate of drug-likeness (QED) is 0.508. The number of barbiturate groups is 1. The Labute approximate surface area is 207 Å². The molecule has 3 aromatic rings. The van der Waals surface area contributed by atoms with Crippen LogP contribution in [0, 0.1) is 5.92 Å². The number of amides is 5.